The number of carbonyl (C=O) groups is 1. The third-order valence-electron chi connectivity index (χ3n) is 2.66. The molecule has 0 aliphatic heterocycles. The highest BCUT2D eigenvalue weighted by atomic mass is 32.2. The molecule has 2 heterocycles. The van der Waals surface area contributed by atoms with Gasteiger partial charge in [-0.05, 0) is 24.3 Å². The van der Waals surface area contributed by atoms with Gasteiger partial charge in [-0.1, -0.05) is 0 Å². The predicted octanol–water partition coefficient (Wildman–Crippen LogP) is 0.591. The zero-order chi connectivity index (χ0) is 15.5. The normalized spacial score (nSPS) is 11.1. The first-order chi connectivity index (χ1) is 9.90. The monoisotopic (exact) mass is 306 g/mol. The molecule has 0 radical (unpaired) electrons. The van der Waals surface area contributed by atoms with Crippen LogP contribution in [-0.4, -0.2) is 30.5 Å². The van der Waals surface area contributed by atoms with Crippen molar-refractivity contribution in [3.05, 3.63) is 47.9 Å². The molecule has 21 heavy (non-hydrogen) atoms. The van der Waals surface area contributed by atoms with Crippen LogP contribution in [0.5, 0.6) is 0 Å². The minimum Gasteiger partial charge on any atom is -0.325 e. The molecule has 0 bridgehead atoms. The van der Waals surface area contributed by atoms with Crippen molar-refractivity contribution < 1.29 is 13.2 Å². The topological polar surface area (TPSA) is 115 Å². The van der Waals surface area contributed by atoms with Crippen molar-refractivity contribution in [3.8, 4) is 0 Å². The number of amides is 1. The van der Waals surface area contributed by atoms with Crippen molar-refractivity contribution in [2.24, 2.45) is 5.73 Å². The summed E-state index contributed by atoms with van der Waals surface area (Å²) in [5.41, 5.74) is 6.89. The molecule has 2 rings (SSSR count). The van der Waals surface area contributed by atoms with E-state index in [4.69, 9.17) is 5.73 Å². The summed E-state index contributed by atoms with van der Waals surface area (Å²) in [6, 6.07) is 5.97. The highest BCUT2D eigenvalue weighted by molar-refractivity contribution is 7.90. The maximum absolute atomic E-state index is 12.0. The lowest BCUT2D eigenvalue weighted by atomic mass is 10.2. The van der Waals surface area contributed by atoms with Gasteiger partial charge in [0.1, 0.15) is 0 Å². The third kappa shape index (κ3) is 3.83. The maximum atomic E-state index is 12.0. The molecule has 0 aromatic carbocycles. The molecular weight excluding hydrogens is 292 g/mol. The standard InChI is InChI=1S/C13H14N4O3S/c1-21(19,20)12-3-2-10(8-16-12)17-13(18)9-4-5-15-11(6-9)7-14/h2-6,8H,7,14H2,1H3,(H,17,18). The highest BCUT2D eigenvalue weighted by Gasteiger charge is 2.10. The average molecular weight is 306 g/mol. The van der Waals surface area contributed by atoms with Gasteiger partial charge in [-0.15, -0.1) is 0 Å². The van der Waals surface area contributed by atoms with Crippen molar-refractivity contribution in [1.29, 1.82) is 0 Å². The molecule has 7 nitrogen and oxygen atoms in total. The second kappa shape index (κ2) is 5.98. The van der Waals surface area contributed by atoms with E-state index < -0.39 is 9.84 Å². The van der Waals surface area contributed by atoms with Crippen LogP contribution < -0.4 is 11.1 Å². The maximum Gasteiger partial charge on any atom is 0.255 e. The fraction of sp³-hybridized carbons (Fsp3) is 0.154. The number of hydrogen-bond acceptors (Lipinski definition) is 6. The molecular formula is C13H14N4O3S. The first-order valence-electron chi connectivity index (χ1n) is 6.02. The molecule has 0 unspecified atom stereocenters. The van der Waals surface area contributed by atoms with Gasteiger partial charge in [-0.3, -0.25) is 9.78 Å². The van der Waals surface area contributed by atoms with Crippen molar-refractivity contribution in [3.63, 3.8) is 0 Å². The lowest BCUT2D eigenvalue weighted by molar-refractivity contribution is 0.102. The zero-order valence-corrected chi connectivity index (χ0v) is 12.1. The van der Waals surface area contributed by atoms with Crippen LogP contribution in [0.3, 0.4) is 0 Å². The summed E-state index contributed by atoms with van der Waals surface area (Å²) in [5, 5.41) is 2.58. The van der Waals surface area contributed by atoms with Gasteiger partial charge < -0.3 is 11.1 Å². The SMILES string of the molecule is CS(=O)(=O)c1ccc(NC(=O)c2ccnc(CN)c2)cn1. The van der Waals surface area contributed by atoms with Gasteiger partial charge in [0, 0.05) is 24.6 Å². The Bertz CT molecular complexity index is 757. The first kappa shape index (κ1) is 15.1. The van der Waals surface area contributed by atoms with E-state index >= 15 is 0 Å². The van der Waals surface area contributed by atoms with Crippen LogP contribution in [0.4, 0.5) is 5.69 Å². The zero-order valence-electron chi connectivity index (χ0n) is 11.3. The summed E-state index contributed by atoms with van der Waals surface area (Å²) in [5.74, 6) is -0.346. The largest absolute Gasteiger partial charge is 0.325 e. The molecule has 0 fully saturated rings. The number of hydrogen-bond donors (Lipinski definition) is 2. The second-order valence-electron chi connectivity index (χ2n) is 4.35. The Labute approximate surface area is 122 Å². The van der Waals surface area contributed by atoms with Crippen LogP contribution in [0, 0.1) is 0 Å². The Morgan fingerprint density at radius 1 is 1.29 bits per heavy atom. The van der Waals surface area contributed by atoms with Gasteiger partial charge in [0.05, 0.1) is 17.6 Å². The van der Waals surface area contributed by atoms with E-state index in [1.54, 1.807) is 12.1 Å². The van der Waals surface area contributed by atoms with Crippen molar-refractivity contribution in [1.82, 2.24) is 9.97 Å². The molecule has 0 spiro atoms. The number of aromatic nitrogens is 2. The Balaban J connectivity index is 2.16. The number of nitrogens with zero attached hydrogens (tertiary/aromatic N) is 2. The number of nitrogens with two attached hydrogens (primary N) is 1. The average Bonchev–Trinajstić information content (AvgIpc) is 2.47. The molecule has 1 amide bonds. The molecule has 0 aliphatic rings. The number of rotatable bonds is 4. The predicted molar refractivity (Wildman–Crippen MR) is 77.4 cm³/mol. The van der Waals surface area contributed by atoms with Gasteiger partial charge in [-0.2, -0.15) is 0 Å². The molecule has 2 aromatic rings. The third-order valence-corrected chi connectivity index (χ3v) is 3.66. The van der Waals surface area contributed by atoms with Gasteiger partial charge in [0.15, 0.2) is 14.9 Å². The van der Waals surface area contributed by atoms with E-state index in [1.807, 2.05) is 0 Å². The van der Waals surface area contributed by atoms with E-state index in [0.29, 0.717) is 16.9 Å². The Morgan fingerprint density at radius 3 is 2.62 bits per heavy atom. The van der Waals surface area contributed by atoms with Crippen molar-refractivity contribution in [2.75, 3.05) is 11.6 Å². The van der Waals surface area contributed by atoms with E-state index in [1.165, 1.54) is 24.5 Å². The number of pyridine rings is 2. The summed E-state index contributed by atoms with van der Waals surface area (Å²) in [4.78, 5) is 19.8. The summed E-state index contributed by atoms with van der Waals surface area (Å²) in [6.45, 7) is 0.242. The van der Waals surface area contributed by atoms with E-state index in [2.05, 4.69) is 15.3 Å². The summed E-state index contributed by atoms with van der Waals surface area (Å²) in [7, 11) is -3.36. The number of anilines is 1. The molecule has 0 saturated heterocycles. The van der Waals surface area contributed by atoms with Crippen LogP contribution in [0.1, 0.15) is 16.1 Å². The number of sulfone groups is 1. The lowest BCUT2D eigenvalue weighted by Crippen LogP contribution is -2.13. The quantitative estimate of drug-likeness (QED) is 0.854. The van der Waals surface area contributed by atoms with E-state index in [-0.39, 0.29) is 17.5 Å². The fourth-order valence-electron chi connectivity index (χ4n) is 1.61. The van der Waals surface area contributed by atoms with Crippen LogP contribution in [0.15, 0.2) is 41.7 Å². The second-order valence-corrected chi connectivity index (χ2v) is 6.31. The summed E-state index contributed by atoms with van der Waals surface area (Å²) >= 11 is 0. The summed E-state index contributed by atoms with van der Waals surface area (Å²) in [6.07, 6.45) is 3.86. The van der Waals surface area contributed by atoms with Crippen LogP contribution in [-0.2, 0) is 16.4 Å². The smallest absolute Gasteiger partial charge is 0.255 e. The van der Waals surface area contributed by atoms with Gasteiger partial charge in [-0.25, -0.2) is 13.4 Å². The van der Waals surface area contributed by atoms with Crippen LogP contribution >= 0.6 is 0 Å². The molecule has 2 aromatic heterocycles. The van der Waals surface area contributed by atoms with Crippen LogP contribution in [0.2, 0.25) is 0 Å². The number of nitrogens with one attached hydrogen (secondary N) is 1. The number of carbonyl (C=O) groups excluding carboxylic acids is 1. The van der Waals surface area contributed by atoms with Gasteiger partial charge in [0.2, 0.25) is 0 Å². The Hall–Kier alpha value is -2.32. The minimum absolute atomic E-state index is 0.0465. The fourth-order valence-corrected chi connectivity index (χ4v) is 2.17. The summed E-state index contributed by atoms with van der Waals surface area (Å²) < 4.78 is 22.6. The Kier molecular flexibility index (Phi) is 4.29. The molecule has 0 atom stereocenters. The molecule has 8 heteroatoms. The molecule has 110 valence electrons. The van der Waals surface area contributed by atoms with E-state index in [0.717, 1.165) is 6.26 Å². The molecule has 3 N–H and O–H groups in total. The molecule has 0 saturated carbocycles. The molecule has 0 aliphatic carbocycles. The first-order valence-corrected chi connectivity index (χ1v) is 7.92. The van der Waals surface area contributed by atoms with Crippen molar-refractivity contribution in [2.45, 2.75) is 11.6 Å². The van der Waals surface area contributed by atoms with Crippen molar-refractivity contribution >= 4 is 21.4 Å². The highest BCUT2D eigenvalue weighted by Crippen LogP contribution is 2.12. The van der Waals surface area contributed by atoms with E-state index in [9.17, 15) is 13.2 Å². The lowest BCUT2D eigenvalue weighted by Gasteiger charge is -2.06. The van der Waals surface area contributed by atoms with Crippen LogP contribution in [0.25, 0.3) is 0 Å². The van der Waals surface area contributed by atoms with Gasteiger partial charge in [0.25, 0.3) is 5.91 Å². The Morgan fingerprint density at radius 2 is 2.05 bits per heavy atom. The minimum atomic E-state index is -3.36. The van der Waals surface area contributed by atoms with Gasteiger partial charge >= 0.3 is 0 Å².